The van der Waals surface area contributed by atoms with Crippen molar-refractivity contribution in [2.75, 3.05) is 26.8 Å². The Labute approximate surface area is 108 Å². The number of hydrogen-bond acceptors (Lipinski definition) is 4. The van der Waals surface area contributed by atoms with E-state index in [0.717, 1.165) is 37.6 Å². The molecule has 1 unspecified atom stereocenters. The molecular formula is C14H18N2O2. The van der Waals surface area contributed by atoms with Gasteiger partial charge < -0.3 is 9.47 Å². The molecule has 0 saturated carbocycles. The lowest BCUT2D eigenvalue weighted by Crippen LogP contribution is -2.40. The highest BCUT2D eigenvalue weighted by atomic mass is 16.5. The van der Waals surface area contributed by atoms with Gasteiger partial charge in [0.15, 0.2) is 0 Å². The molecule has 0 aliphatic carbocycles. The minimum absolute atomic E-state index is 0.267. The second kappa shape index (κ2) is 5.85. The van der Waals surface area contributed by atoms with Gasteiger partial charge in [0.2, 0.25) is 0 Å². The summed E-state index contributed by atoms with van der Waals surface area (Å²) in [5, 5.41) is 8.95. The van der Waals surface area contributed by atoms with Crippen molar-refractivity contribution in [2.45, 2.75) is 19.6 Å². The van der Waals surface area contributed by atoms with Crippen molar-refractivity contribution in [3.05, 3.63) is 29.3 Å². The third-order valence-corrected chi connectivity index (χ3v) is 3.13. The quantitative estimate of drug-likeness (QED) is 0.815. The van der Waals surface area contributed by atoms with Gasteiger partial charge in [0, 0.05) is 25.2 Å². The Kier molecular flexibility index (Phi) is 4.19. The Morgan fingerprint density at radius 3 is 3.06 bits per heavy atom. The van der Waals surface area contributed by atoms with E-state index >= 15 is 0 Å². The number of ether oxygens (including phenoxy) is 2. The normalized spacial score (nSPS) is 20.4. The van der Waals surface area contributed by atoms with Gasteiger partial charge in [-0.1, -0.05) is 0 Å². The molecule has 1 aliphatic rings. The topological polar surface area (TPSA) is 45.5 Å². The second-order valence-corrected chi connectivity index (χ2v) is 4.55. The first-order chi connectivity index (χ1) is 8.72. The van der Waals surface area contributed by atoms with Crippen LogP contribution in [0.15, 0.2) is 18.2 Å². The number of methoxy groups -OCH3 is 1. The van der Waals surface area contributed by atoms with E-state index in [9.17, 15) is 0 Å². The van der Waals surface area contributed by atoms with Crippen molar-refractivity contribution >= 4 is 0 Å². The molecule has 0 aromatic heterocycles. The fourth-order valence-corrected chi connectivity index (χ4v) is 2.25. The fourth-order valence-electron chi connectivity index (χ4n) is 2.25. The van der Waals surface area contributed by atoms with Crippen LogP contribution < -0.4 is 4.74 Å². The van der Waals surface area contributed by atoms with Crippen molar-refractivity contribution in [2.24, 2.45) is 0 Å². The van der Waals surface area contributed by atoms with Crippen molar-refractivity contribution in [3.63, 3.8) is 0 Å². The van der Waals surface area contributed by atoms with E-state index in [-0.39, 0.29) is 6.10 Å². The summed E-state index contributed by atoms with van der Waals surface area (Å²) in [5.41, 5.74) is 1.73. The van der Waals surface area contributed by atoms with Crippen LogP contribution >= 0.6 is 0 Å². The molecule has 1 aromatic rings. The van der Waals surface area contributed by atoms with Crippen LogP contribution in [0, 0.1) is 11.3 Å². The largest absolute Gasteiger partial charge is 0.496 e. The van der Waals surface area contributed by atoms with Crippen molar-refractivity contribution in [1.29, 1.82) is 5.26 Å². The van der Waals surface area contributed by atoms with E-state index in [1.165, 1.54) is 0 Å². The Hall–Kier alpha value is -1.57. The number of rotatable bonds is 3. The van der Waals surface area contributed by atoms with E-state index in [1.54, 1.807) is 13.2 Å². The van der Waals surface area contributed by atoms with Crippen molar-refractivity contribution in [1.82, 2.24) is 4.90 Å². The lowest BCUT2D eigenvalue weighted by molar-refractivity contribution is -0.0213. The maximum absolute atomic E-state index is 8.95. The molecule has 1 atom stereocenters. The van der Waals surface area contributed by atoms with Crippen LogP contribution in [-0.2, 0) is 11.3 Å². The first-order valence-corrected chi connectivity index (χ1v) is 6.14. The first kappa shape index (κ1) is 12.9. The zero-order chi connectivity index (χ0) is 13.0. The molecule has 1 saturated heterocycles. The van der Waals surface area contributed by atoms with E-state index in [1.807, 2.05) is 12.1 Å². The zero-order valence-electron chi connectivity index (χ0n) is 10.8. The average molecular weight is 246 g/mol. The van der Waals surface area contributed by atoms with Gasteiger partial charge in [-0.3, -0.25) is 4.90 Å². The van der Waals surface area contributed by atoms with E-state index in [0.29, 0.717) is 5.56 Å². The maximum atomic E-state index is 8.95. The van der Waals surface area contributed by atoms with Gasteiger partial charge in [0.05, 0.1) is 31.5 Å². The number of morpholine rings is 1. The van der Waals surface area contributed by atoms with Crippen LogP contribution in [0.2, 0.25) is 0 Å². The smallest absolute Gasteiger partial charge is 0.123 e. The zero-order valence-corrected chi connectivity index (χ0v) is 10.8. The van der Waals surface area contributed by atoms with E-state index < -0.39 is 0 Å². The Bertz CT molecular complexity index is 454. The summed E-state index contributed by atoms with van der Waals surface area (Å²) in [7, 11) is 1.66. The highest BCUT2D eigenvalue weighted by Gasteiger charge is 2.18. The van der Waals surface area contributed by atoms with Crippen LogP contribution in [0.4, 0.5) is 0 Å². The van der Waals surface area contributed by atoms with Crippen LogP contribution in [0.3, 0.4) is 0 Å². The molecule has 0 spiro atoms. The SMILES string of the molecule is COc1ccc(C#N)cc1CN1CCOC(C)C1. The third kappa shape index (κ3) is 3.00. The molecule has 4 heteroatoms. The van der Waals surface area contributed by atoms with Gasteiger partial charge in [0.1, 0.15) is 5.75 Å². The standard InChI is InChI=1S/C14H18N2O2/c1-11-9-16(5-6-18-11)10-13-7-12(8-15)3-4-14(13)17-2/h3-4,7,11H,5-6,9-10H2,1-2H3. The van der Waals surface area contributed by atoms with E-state index in [2.05, 4.69) is 17.9 Å². The number of nitrogens with zero attached hydrogens (tertiary/aromatic N) is 2. The number of benzene rings is 1. The number of nitriles is 1. The number of hydrogen-bond donors (Lipinski definition) is 0. The lowest BCUT2D eigenvalue weighted by Gasteiger charge is -2.31. The Balaban J connectivity index is 2.14. The Morgan fingerprint density at radius 1 is 1.56 bits per heavy atom. The average Bonchev–Trinajstić information content (AvgIpc) is 2.38. The van der Waals surface area contributed by atoms with Crippen LogP contribution in [0.25, 0.3) is 0 Å². The molecule has 0 radical (unpaired) electrons. The predicted octanol–water partition coefficient (Wildman–Crippen LogP) is 1.79. The molecule has 2 rings (SSSR count). The molecule has 96 valence electrons. The molecule has 1 aromatic carbocycles. The summed E-state index contributed by atoms with van der Waals surface area (Å²) in [6.45, 7) is 5.48. The summed E-state index contributed by atoms with van der Waals surface area (Å²) in [5.74, 6) is 0.841. The summed E-state index contributed by atoms with van der Waals surface area (Å²) in [6.07, 6.45) is 0.267. The van der Waals surface area contributed by atoms with Gasteiger partial charge >= 0.3 is 0 Å². The highest BCUT2D eigenvalue weighted by molar-refractivity contribution is 5.42. The highest BCUT2D eigenvalue weighted by Crippen LogP contribution is 2.22. The molecule has 18 heavy (non-hydrogen) atoms. The molecule has 0 N–H and O–H groups in total. The monoisotopic (exact) mass is 246 g/mol. The molecule has 1 aliphatic heterocycles. The fraction of sp³-hybridized carbons (Fsp3) is 0.500. The summed E-state index contributed by atoms with van der Waals surface area (Å²) < 4.78 is 10.9. The molecule has 1 heterocycles. The van der Waals surface area contributed by atoms with Gasteiger partial charge in [-0.05, 0) is 25.1 Å². The van der Waals surface area contributed by atoms with Gasteiger partial charge in [0.25, 0.3) is 0 Å². The van der Waals surface area contributed by atoms with Gasteiger partial charge in [-0.25, -0.2) is 0 Å². The molecular weight excluding hydrogens is 228 g/mol. The minimum atomic E-state index is 0.267. The summed E-state index contributed by atoms with van der Waals surface area (Å²) >= 11 is 0. The minimum Gasteiger partial charge on any atom is -0.496 e. The first-order valence-electron chi connectivity index (χ1n) is 6.14. The lowest BCUT2D eigenvalue weighted by atomic mass is 10.1. The predicted molar refractivity (Wildman–Crippen MR) is 68.4 cm³/mol. The Morgan fingerprint density at radius 2 is 2.39 bits per heavy atom. The van der Waals surface area contributed by atoms with Crippen molar-refractivity contribution in [3.8, 4) is 11.8 Å². The van der Waals surface area contributed by atoms with Gasteiger partial charge in [-0.2, -0.15) is 5.26 Å². The summed E-state index contributed by atoms with van der Waals surface area (Å²) in [6, 6.07) is 7.71. The maximum Gasteiger partial charge on any atom is 0.123 e. The summed E-state index contributed by atoms with van der Waals surface area (Å²) in [4.78, 5) is 2.33. The molecule has 4 nitrogen and oxygen atoms in total. The molecule has 0 amide bonds. The second-order valence-electron chi connectivity index (χ2n) is 4.55. The molecule has 1 fully saturated rings. The molecule has 0 bridgehead atoms. The van der Waals surface area contributed by atoms with E-state index in [4.69, 9.17) is 14.7 Å². The van der Waals surface area contributed by atoms with Gasteiger partial charge in [-0.15, -0.1) is 0 Å². The van der Waals surface area contributed by atoms with Crippen LogP contribution in [0.5, 0.6) is 5.75 Å². The van der Waals surface area contributed by atoms with Crippen LogP contribution in [-0.4, -0.2) is 37.8 Å². The third-order valence-electron chi connectivity index (χ3n) is 3.13. The van der Waals surface area contributed by atoms with Crippen LogP contribution in [0.1, 0.15) is 18.1 Å². The van der Waals surface area contributed by atoms with Crippen molar-refractivity contribution < 1.29 is 9.47 Å².